The topological polar surface area (TPSA) is 180 Å². The maximum atomic E-state index is 13.0. The highest BCUT2D eigenvalue weighted by Crippen LogP contribution is 2.46. The summed E-state index contributed by atoms with van der Waals surface area (Å²) >= 11 is 6.31. The predicted molar refractivity (Wildman–Crippen MR) is 210 cm³/mol. The van der Waals surface area contributed by atoms with Crippen LogP contribution in [-0.4, -0.2) is 80.5 Å². The highest BCUT2D eigenvalue weighted by Gasteiger charge is 2.54. The number of aliphatic hydroxyl groups excluding tert-OH is 2. The highest BCUT2D eigenvalue weighted by molar-refractivity contribution is 7.47. The number of phosphoric ester groups is 1. The molecule has 3 aromatic rings. The fourth-order valence-corrected chi connectivity index (χ4v) is 7.79. The van der Waals surface area contributed by atoms with Crippen LogP contribution in [0.4, 0.5) is 5.82 Å². The van der Waals surface area contributed by atoms with Crippen molar-refractivity contribution in [1.82, 2.24) is 14.6 Å². The van der Waals surface area contributed by atoms with E-state index in [-0.39, 0.29) is 19.0 Å². The molecule has 1 unspecified atom stereocenters. The average molecular weight is 797 g/mol. The Morgan fingerprint density at radius 1 is 0.907 bits per heavy atom. The van der Waals surface area contributed by atoms with Gasteiger partial charge >= 0.3 is 7.82 Å². The first-order chi connectivity index (χ1) is 26.1. The van der Waals surface area contributed by atoms with Crippen molar-refractivity contribution < 1.29 is 42.9 Å². The van der Waals surface area contributed by atoms with Gasteiger partial charge in [0.15, 0.2) is 5.82 Å². The number of ether oxygens (including phenoxy) is 3. The molecule has 0 saturated carbocycles. The lowest BCUT2D eigenvalue weighted by Crippen LogP contribution is -2.39. The zero-order chi connectivity index (χ0) is 38.8. The number of halogens is 1. The number of rotatable bonds is 28. The molecule has 0 amide bonds. The van der Waals surface area contributed by atoms with Crippen molar-refractivity contribution in [3.8, 4) is 5.75 Å². The third-order valence-corrected chi connectivity index (χ3v) is 11.3. The number of hydrogen-bond acceptors (Lipinski definition) is 11. The van der Waals surface area contributed by atoms with E-state index < -0.39 is 44.4 Å². The number of aliphatic hydroxyl groups is 2. The van der Waals surface area contributed by atoms with Crippen LogP contribution < -0.4 is 10.5 Å². The van der Waals surface area contributed by atoms with E-state index in [0.717, 1.165) is 19.3 Å². The Kier molecular flexibility index (Phi) is 18.9. The maximum absolute atomic E-state index is 13.0. The number of hydrogen-bond donors (Lipinski definition) is 4. The van der Waals surface area contributed by atoms with Crippen molar-refractivity contribution in [2.24, 2.45) is 0 Å². The summed E-state index contributed by atoms with van der Waals surface area (Å²) in [4.78, 5) is 14.5. The van der Waals surface area contributed by atoms with E-state index in [1.54, 1.807) is 43.3 Å². The Morgan fingerprint density at radius 3 is 2.15 bits per heavy atom. The minimum atomic E-state index is -4.67. The number of phosphoric acid groups is 1. The number of para-hydroxylation sites is 1. The summed E-state index contributed by atoms with van der Waals surface area (Å²) < 4.78 is 42.9. The highest BCUT2D eigenvalue weighted by atomic mass is 35.5. The summed E-state index contributed by atoms with van der Waals surface area (Å²) in [5.41, 5.74) is 5.40. The number of aromatic nitrogens is 3. The number of fused-ring (bicyclic) bond motifs is 1. The zero-order valence-electron chi connectivity index (χ0n) is 32.0. The van der Waals surface area contributed by atoms with E-state index in [4.69, 9.17) is 40.6 Å². The molecule has 0 radical (unpaired) electrons. The van der Waals surface area contributed by atoms with Crippen molar-refractivity contribution >= 4 is 30.8 Å². The van der Waals surface area contributed by atoms with Crippen LogP contribution >= 0.6 is 19.4 Å². The van der Waals surface area contributed by atoms with Crippen LogP contribution in [0.2, 0.25) is 5.02 Å². The van der Waals surface area contributed by atoms with E-state index in [9.17, 15) is 19.7 Å². The van der Waals surface area contributed by atoms with Gasteiger partial charge in [-0.1, -0.05) is 127 Å². The van der Waals surface area contributed by atoms with Crippen LogP contribution in [0, 0.1) is 0 Å². The smallest absolute Gasteiger partial charge is 0.472 e. The molecular weight excluding hydrogens is 735 g/mol. The molecule has 0 bridgehead atoms. The summed E-state index contributed by atoms with van der Waals surface area (Å²) in [6.07, 6.45) is 17.1. The quantitative estimate of drug-likeness (QED) is 0.0410. The van der Waals surface area contributed by atoms with E-state index in [1.165, 1.54) is 94.3 Å². The lowest BCUT2D eigenvalue weighted by Gasteiger charge is -2.27. The van der Waals surface area contributed by atoms with Crippen LogP contribution in [-0.2, 0) is 28.7 Å². The number of benzene rings is 1. The molecule has 0 spiro atoms. The lowest BCUT2D eigenvalue weighted by atomic mass is 9.93. The van der Waals surface area contributed by atoms with Gasteiger partial charge in [0.1, 0.15) is 47.6 Å². The summed E-state index contributed by atoms with van der Waals surface area (Å²) in [5.74, 6) is 0.613. The zero-order valence-corrected chi connectivity index (χ0v) is 33.7. The second-order valence-corrected chi connectivity index (χ2v) is 16.3. The van der Waals surface area contributed by atoms with Crippen LogP contribution in [0.15, 0.2) is 42.7 Å². The van der Waals surface area contributed by atoms with Crippen molar-refractivity contribution in [1.29, 1.82) is 0 Å². The normalized spacial score (nSPS) is 21.8. The van der Waals surface area contributed by atoms with Crippen LogP contribution in [0.25, 0.3) is 5.52 Å². The Hall–Kier alpha value is -2.32. The van der Waals surface area contributed by atoms with Gasteiger partial charge < -0.3 is 35.1 Å². The van der Waals surface area contributed by atoms with Gasteiger partial charge in [-0.05, 0) is 37.6 Å². The largest absolute Gasteiger partial charge is 0.484 e. The van der Waals surface area contributed by atoms with Crippen LogP contribution in [0.1, 0.15) is 122 Å². The first-order valence-corrected chi connectivity index (χ1v) is 21.7. The molecule has 54 heavy (non-hydrogen) atoms. The number of nitrogen functional groups attached to an aromatic ring is 1. The fourth-order valence-electron chi connectivity index (χ4n) is 6.84. The fraction of sp³-hybridized carbons (Fsp3) is 0.692. The molecule has 1 aliphatic rings. The number of unbranched alkanes of at least 4 members (excludes halogenated alkanes) is 15. The maximum Gasteiger partial charge on any atom is 0.472 e. The average Bonchev–Trinajstić information content (AvgIpc) is 3.70. The summed E-state index contributed by atoms with van der Waals surface area (Å²) in [6.45, 7) is 3.56. The van der Waals surface area contributed by atoms with Gasteiger partial charge in [0.05, 0.1) is 30.5 Å². The van der Waals surface area contributed by atoms with Gasteiger partial charge in [0, 0.05) is 6.61 Å². The lowest BCUT2D eigenvalue weighted by molar-refractivity contribution is -0.0892. The molecule has 1 fully saturated rings. The van der Waals surface area contributed by atoms with Crippen molar-refractivity contribution in [2.75, 3.05) is 32.2 Å². The van der Waals surface area contributed by atoms with Crippen molar-refractivity contribution in [3.05, 3.63) is 53.4 Å². The Balaban J connectivity index is 1.15. The first-order valence-electron chi connectivity index (χ1n) is 19.8. The summed E-state index contributed by atoms with van der Waals surface area (Å²) in [7, 11) is -4.67. The molecule has 5 N–H and O–H groups in total. The van der Waals surface area contributed by atoms with Crippen molar-refractivity contribution in [3.63, 3.8) is 0 Å². The van der Waals surface area contributed by atoms with Gasteiger partial charge in [-0.15, -0.1) is 0 Å². The first kappa shape index (κ1) is 44.4. The van der Waals surface area contributed by atoms with Gasteiger partial charge in [0.25, 0.3) is 0 Å². The van der Waals surface area contributed by atoms with Gasteiger partial charge in [0.2, 0.25) is 0 Å². The molecule has 1 aromatic carbocycles. The monoisotopic (exact) mass is 796 g/mol. The molecule has 3 heterocycles. The third kappa shape index (κ3) is 13.7. The molecule has 304 valence electrons. The van der Waals surface area contributed by atoms with E-state index in [2.05, 4.69) is 17.0 Å². The van der Waals surface area contributed by atoms with Gasteiger partial charge in [-0.3, -0.25) is 9.05 Å². The molecule has 2 aromatic heterocycles. The minimum Gasteiger partial charge on any atom is -0.484 e. The van der Waals surface area contributed by atoms with Gasteiger partial charge in [-0.2, -0.15) is 5.10 Å². The molecule has 1 aliphatic heterocycles. The SMILES string of the molecule is CCCCCCCCCCCCCCCCCCOC[C@H](COP(=O)(O)OC[C@H]1O[C@@](C)(c2ccc3c(N)ncnn23)[C@H](O)[C@@H]1O)Oc1ccccc1Cl. The van der Waals surface area contributed by atoms with E-state index in [0.29, 0.717) is 28.6 Å². The summed E-state index contributed by atoms with van der Waals surface area (Å²) in [6, 6.07) is 10.2. The number of nitrogens with zero attached hydrogens (tertiary/aromatic N) is 3. The van der Waals surface area contributed by atoms with Crippen LogP contribution in [0.3, 0.4) is 0 Å². The summed E-state index contributed by atoms with van der Waals surface area (Å²) in [5, 5.41) is 26.4. The van der Waals surface area contributed by atoms with Crippen LogP contribution in [0.5, 0.6) is 5.75 Å². The standard InChI is InChI=1S/C39H62ClN4O9P/c1-3-4-5-6-7-8-9-10-11-12-13-14-15-16-17-20-25-49-26-30(52-33-22-19-18-21-31(33)40)27-50-54(47,48)51-28-34-36(45)37(46)39(2,53-34)35-24-23-32-38(41)42-29-43-44(32)35/h18-19,21-24,29-30,34,36-37,45-46H,3-17,20,25-28H2,1-2H3,(H,47,48)(H2,41,42,43)/t30-,34-,36-,37-,39+/m1/s1. The molecule has 13 nitrogen and oxygen atoms in total. The minimum absolute atomic E-state index is 0.0955. The molecular formula is C39H62ClN4O9P. The van der Waals surface area contributed by atoms with E-state index >= 15 is 0 Å². The molecule has 0 aliphatic carbocycles. The predicted octanol–water partition coefficient (Wildman–Crippen LogP) is 8.16. The Morgan fingerprint density at radius 2 is 1.52 bits per heavy atom. The third-order valence-electron chi connectivity index (χ3n) is 10.1. The molecule has 15 heteroatoms. The molecule has 1 saturated heterocycles. The van der Waals surface area contributed by atoms with Gasteiger partial charge in [-0.25, -0.2) is 14.1 Å². The molecule has 4 rings (SSSR count). The Labute approximate surface area is 325 Å². The second kappa shape index (κ2) is 23.0. The molecule has 6 atom stereocenters. The number of anilines is 1. The second-order valence-electron chi connectivity index (χ2n) is 14.5. The van der Waals surface area contributed by atoms with E-state index in [1.807, 2.05) is 0 Å². The van der Waals surface area contributed by atoms with Crippen molar-refractivity contribution in [2.45, 2.75) is 147 Å². The Bertz CT molecular complexity index is 1570. The number of nitrogens with two attached hydrogens (primary N) is 1.